The van der Waals surface area contributed by atoms with Crippen LogP contribution in [0.1, 0.15) is 51.8 Å². The van der Waals surface area contributed by atoms with Crippen LogP contribution in [0.4, 0.5) is 39.5 Å². The van der Waals surface area contributed by atoms with Crippen molar-refractivity contribution in [2.45, 2.75) is 81.4 Å². The van der Waals surface area contributed by atoms with E-state index < -0.39 is 50.0 Å². The van der Waals surface area contributed by atoms with Gasteiger partial charge in [-0.05, 0) is 130 Å². The van der Waals surface area contributed by atoms with Gasteiger partial charge in [0.25, 0.3) is 0 Å². The maximum Gasteiger partial charge on any atom is 0.470 e. The fraction of sp³-hybridized carbons (Fsp3) is 0.130. The number of ketones is 3. The third-order valence-electron chi connectivity index (χ3n) is 9.24. The minimum absolute atomic E-state index is 0.0674. The first-order valence-electron chi connectivity index (χ1n) is 19.6. The monoisotopic (exact) mass is 1120 g/mol. The smallest absolute Gasteiger partial charge is 0.295 e. The van der Waals surface area contributed by atoms with Crippen molar-refractivity contribution in [3.8, 4) is 0 Å². The Morgan fingerprint density at radius 3 is 0.676 bits per heavy atom. The standard InChI is InChI=1S/C42H33O3S4.C4F9O6S3/c1-28(43)31-4-10-34(11-5-31)46-37-16-22-40(23-17-37)49(41-24-18-38(19-25-41)47-35-12-6-32(7-13-35)29(2)44)42-26-20-39(21-27-42)48-36-14-8-33(9-15-36)30(3)45;5-2(6,7)20(14,15)1(21(16,17)3(8,9)10)22(18,19)4(11,12)13/h4-27H,1-3H3;/q+1;-1. The van der Waals surface area contributed by atoms with Gasteiger partial charge in [-0.3, -0.25) is 39.6 Å². The number of carbonyl (C=O) groups excluding carboxylic acids is 3. The average Bonchev–Trinajstić information content (AvgIpc) is 3.27. The van der Waals surface area contributed by atoms with Crippen LogP contribution >= 0.6 is 35.3 Å². The van der Waals surface area contributed by atoms with Crippen LogP contribution in [0.15, 0.2) is 190 Å². The molecule has 0 aliphatic carbocycles. The molecule has 6 rings (SSSR count). The summed E-state index contributed by atoms with van der Waals surface area (Å²) in [6.07, 6.45) is 0. The van der Waals surface area contributed by atoms with Gasteiger partial charge in [-0.1, -0.05) is 71.7 Å². The van der Waals surface area contributed by atoms with Gasteiger partial charge in [0.05, 0.1) is 14.8 Å². The predicted molar refractivity (Wildman–Crippen MR) is 251 cm³/mol. The Hall–Kier alpha value is -5.05. The summed E-state index contributed by atoms with van der Waals surface area (Å²) in [4.78, 5) is 45.4. The Labute approximate surface area is 417 Å². The lowest BCUT2D eigenvalue weighted by Gasteiger charge is -2.31. The van der Waals surface area contributed by atoms with Crippen LogP contribution in [-0.4, -0.2) is 59.1 Å². The highest BCUT2D eigenvalue weighted by molar-refractivity contribution is 8.29. The van der Waals surface area contributed by atoms with Gasteiger partial charge in [0.1, 0.15) is 0 Å². The van der Waals surface area contributed by atoms with Gasteiger partial charge in [-0.15, -0.1) is 0 Å². The molecule has 0 radical (unpaired) electrons. The number of halogens is 9. The summed E-state index contributed by atoms with van der Waals surface area (Å²) in [6, 6.07) is 49.5. The molecule has 0 saturated heterocycles. The van der Waals surface area contributed by atoms with E-state index in [9.17, 15) is 79.2 Å². The number of rotatable bonds is 15. The third kappa shape index (κ3) is 13.9. The first-order valence-corrected chi connectivity index (χ1v) is 27.7. The second kappa shape index (κ2) is 22.4. The van der Waals surface area contributed by atoms with Gasteiger partial charge in [-0.25, -0.2) is 0 Å². The molecule has 0 saturated carbocycles. The predicted octanol–water partition coefficient (Wildman–Crippen LogP) is 13.1. The zero-order valence-electron chi connectivity index (χ0n) is 36.3. The van der Waals surface area contributed by atoms with E-state index in [0.717, 1.165) is 29.4 Å². The van der Waals surface area contributed by atoms with E-state index in [0.29, 0.717) is 16.7 Å². The van der Waals surface area contributed by atoms with E-state index in [1.54, 1.807) is 56.1 Å². The number of hydrogen-bond donors (Lipinski definition) is 0. The summed E-state index contributed by atoms with van der Waals surface area (Å²) in [5, 5.41) is 0. The molecule has 0 spiro atoms. The molecule has 0 bridgehead atoms. The van der Waals surface area contributed by atoms with Crippen molar-refractivity contribution in [1.29, 1.82) is 0 Å². The molecular formula is C46H33F9O9S7. The molecule has 0 aliphatic rings. The molecule has 0 heterocycles. The fourth-order valence-electron chi connectivity index (χ4n) is 5.74. The number of alkyl halides is 9. The highest BCUT2D eigenvalue weighted by atomic mass is 32.3. The van der Waals surface area contributed by atoms with Crippen LogP contribution in [0.2, 0.25) is 0 Å². The number of carbonyl (C=O) groups is 3. The molecule has 0 amide bonds. The number of Topliss-reactive ketones (excluding diaryl/α,β-unsaturated/α-hetero) is 3. The second-order valence-electron chi connectivity index (χ2n) is 14.4. The van der Waals surface area contributed by atoms with Crippen molar-refractivity contribution in [1.82, 2.24) is 0 Å². The van der Waals surface area contributed by atoms with Crippen LogP contribution in [0.5, 0.6) is 0 Å². The van der Waals surface area contributed by atoms with E-state index in [2.05, 4.69) is 72.8 Å². The highest BCUT2D eigenvalue weighted by Gasteiger charge is 2.63. The second-order valence-corrected chi connectivity index (χ2v) is 26.2. The maximum absolute atomic E-state index is 12.0. The van der Waals surface area contributed by atoms with Gasteiger partial charge in [-0.2, -0.15) is 39.5 Å². The van der Waals surface area contributed by atoms with E-state index in [4.69, 9.17) is 0 Å². The van der Waals surface area contributed by atoms with E-state index in [1.165, 1.54) is 14.7 Å². The molecule has 0 N–H and O–H groups in total. The highest BCUT2D eigenvalue weighted by Crippen LogP contribution is 2.48. The largest absolute Gasteiger partial charge is 0.470 e. The number of hydrogen-bond acceptors (Lipinski definition) is 12. The van der Waals surface area contributed by atoms with Crippen molar-refractivity contribution in [2.75, 3.05) is 0 Å². The summed E-state index contributed by atoms with van der Waals surface area (Å²) >= 11 is 5.04. The molecule has 6 aromatic rings. The Bertz CT molecular complexity index is 2870. The van der Waals surface area contributed by atoms with Gasteiger partial charge < -0.3 is 0 Å². The van der Waals surface area contributed by atoms with Crippen molar-refractivity contribution >= 4 is 93.0 Å². The molecule has 9 nitrogen and oxygen atoms in total. The SMILES string of the molecule is CC(=O)c1ccc(Sc2ccc([S+](c3ccc(Sc4ccc(C(C)=O)cc4)cc3)c3ccc(Sc4ccc(C(C)=O)cc4)cc3)cc2)cc1.O=S(=O)([C-](S(=O)(=O)C(F)(F)F)S(=O)(=O)C(F)(F)F)C(F)(F)F. The number of sulfone groups is 3. The minimum atomic E-state index is -8.02. The molecule has 376 valence electrons. The van der Waals surface area contributed by atoms with Crippen molar-refractivity contribution in [3.05, 3.63) is 166 Å². The third-order valence-corrected chi connectivity index (χ3v) is 21.6. The first kappa shape index (κ1) is 56.9. The van der Waals surface area contributed by atoms with E-state index >= 15 is 0 Å². The van der Waals surface area contributed by atoms with Crippen LogP contribution in [0.25, 0.3) is 0 Å². The summed E-state index contributed by atoms with van der Waals surface area (Å²) in [7, 11) is -24.4. The lowest BCUT2D eigenvalue weighted by molar-refractivity contribution is -0.0471. The molecule has 0 aromatic heterocycles. The normalized spacial score (nSPS) is 12.6. The maximum atomic E-state index is 12.0. The summed E-state index contributed by atoms with van der Waals surface area (Å²) in [5.41, 5.74) is -19.0. The van der Waals surface area contributed by atoms with Gasteiger partial charge in [0.2, 0.25) is 0 Å². The van der Waals surface area contributed by atoms with Gasteiger partial charge >= 0.3 is 16.5 Å². The molecular weight excluding hydrogens is 1090 g/mol. The van der Waals surface area contributed by atoms with Gasteiger partial charge in [0.15, 0.2) is 61.5 Å². The Kier molecular flexibility index (Phi) is 17.9. The Balaban J connectivity index is 0.000000360. The minimum Gasteiger partial charge on any atom is -0.295 e. The molecule has 0 unspecified atom stereocenters. The zero-order valence-corrected chi connectivity index (χ0v) is 42.0. The number of benzene rings is 6. The molecule has 0 fully saturated rings. The summed E-state index contributed by atoms with van der Waals surface area (Å²) < 4.78 is 167. The van der Waals surface area contributed by atoms with E-state index in [-0.39, 0.29) is 28.2 Å². The van der Waals surface area contributed by atoms with Crippen molar-refractivity contribution in [3.63, 3.8) is 0 Å². The lowest BCUT2D eigenvalue weighted by atomic mass is 10.2. The van der Waals surface area contributed by atoms with Crippen LogP contribution in [0.3, 0.4) is 0 Å². The summed E-state index contributed by atoms with van der Waals surface area (Å²) in [6.45, 7) is 4.75. The quantitative estimate of drug-likeness (QED) is 0.0416. The first-order chi connectivity index (χ1) is 32.8. The van der Waals surface area contributed by atoms with Crippen molar-refractivity contribution < 1.29 is 79.2 Å². The molecule has 0 aliphatic heterocycles. The van der Waals surface area contributed by atoms with Crippen LogP contribution in [-0.2, 0) is 40.4 Å². The average molecular weight is 1130 g/mol. The van der Waals surface area contributed by atoms with Crippen LogP contribution in [0, 0.1) is 3.91 Å². The van der Waals surface area contributed by atoms with Gasteiger partial charge in [0, 0.05) is 46.1 Å². The van der Waals surface area contributed by atoms with Crippen molar-refractivity contribution in [2.24, 2.45) is 0 Å². The topological polar surface area (TPSA) is 154 Å². The van der Waals surface area contributed by atoms with E-state index in [1.807, 2.05) is 72.8 Å². The molecule has 0 atom stereocenters. The lowest BCUT2D eigenvalue weighted by Crippen LogP contribution is -2.47. The Morgan fingerprint density at radius 1 is 0.352 bits per heavy atom. The molecule has 25 heteroatoms. The molecule has 71 heavy (non-hydrogen) atoms. The summed E-state index contributed by atoms with van der Waals surface area (Å²) in [5.74, 6) is 0.202. The van der Waals surface area contributed by atoms with Crippen LogP contribution < -0.4 is 0 Å². The fourth-order valence-corrected chi connectivity index (χ4v) is 16.0. The zero-order chi connectivity index (χ0) is 52.9. The Morgan fingerprint density at radius 2 is 0.521 bits per heavy atom. The molecule has 6 aromatic carbocycles.